The summed E-state index contributed by atoms with van der Waals surface area (Å²) in [4.78, 5) is 12.2. The molecule has 24 heavy (non-hydrogen) atoms. The maximum Gasteiger partial charge on any atom is 0.272 e. The van der Waals surface area contributed by atoms with Crippen LogP contribution in [0.2, 0.25) is 0 Å². The third-order valence-electron chi connectivity index (χ3n) is 3.71. The van der Waals surface area contributed by atoms with Crippen LogP contribution < -0.4 is 5.32 Å². The minimum absolute atomic E-state index is 0.215. The van der Waals surface area contributed by atoms with Gasteiger partial charge in [-0.3, -0.25) is 14.2 Å². The van der Waals surface area contributed by atoms with Gasteiger partial charge in [-0.1, -0.05) is 0 Å². The lowest BCUT2D eigenvalue weighted by Crippen LogP contribution is -2.24. The second-order valence-corrected chi connectivity index (χ2v) is 5.65. The molecule has 0 unspecified atom stereocenters. The van der Waals surface area contributed by atoms with E-state index in [1.807, 2.05) is 48.5 Å². The van der Waals surface area contributed by atoms with Crippen molar-refractivity contribution in [2.24, 2.45) is 0 Å². The van der Waals surface area contributed by atoms with E-state index < -0.39 is 0 Å². The first-order chi connectivity index (χ1) is 11.5. The van der Waals surface area contributed by atoms with E-state index in [4.69, 9.17) is 0 Å². The summed E-state index contributed by atoms with van der Waals surface area (Å²) in [6, 6.07) is 5.60. The molecule has 1 N–H and O–H groups in total. The molecule has 0 aliphatic heterocycles. The Morgan fingerprint density at radius 1 is 1.12 bits per heavy atom. The number of amides is 1. The third kappa shape index (κ3) is 3.53. The van der Waals surface area contributed by atoms with Crippen molar-refractivity contribution >= 4 is 5.91 Å². The Hall–Kier alpha value is -2.90. The number of hydrogen-bond acceptors (Lipinski definition) is 4. The molecule has 0 aromatic carbocycles. The van der Waals surface area contributed by atoms with Gasteiger partial charge in [0.2, 0.25) is 0 Å². The van der Waals surface area contributed by atoms with Gasteiger partial charge in [-0.15, -0.1) is 0 Å². The van der Waals surface area contributed by atoms with Gasteiger partial charge >= 0.3 is 0 Å². The van der Waals surface area contributed by atoms with E-state index in [-0.39, 0.29) is 5.91 Å². The quantitative estimate of drug-likeness (QED) is 0.741. The van der Waals surface area contributed by atoms with E-state index in [0.717, 1.165) is 23.6 Å². The van der Waals surface area contributed by atoms with Gasteiger partial charge < -0.3 is 5.32 Å². The molecule has 0 bridgehead atoms. The monoisotopic (exact) mass is 327 g/mol. The zero-order valence-corrected chi connectivity index (χ0v) is 14.1. The summed E-state index contributed by atoms with van der Waals surface area (Å²) in [5.41, 5.74) is 3.23. The Morgan fingerprint density at radius 3 is 2.58 bits per heavy atom. The molecular formula is C16H21N7O. The van der Waals surface area contributed by atoms with E-state index in [1.165, 1.54) is 0 Å². The fourth-order valence-electron chi connectivity index (χ4n) is 2.45. The Balaban J connectivity index is 1.60. The molecule has 0 saturated carbocycles. The molecule has 3 aromatic rings. The minimum Gasteiger partial charge on any atom is -0.345 e. The Labute approximate surface area is 140 Å². The first-order valence-electron chi connectivity index (χ1n) is 7.90. The SMILES string of the molecule is CCn1ccc(CNC(=O)c2ccn(Cn3nc(C)cc3C)n2)n1. The molecule has 8 heteroatoms. The summed E-state index contributed by atoms with van der Waals surface area (Å²) in [6.45, 7) is 7.64. The van der Waals surface area contributed by atoms with E-state index >= 15 is 0 Å². The fourth-order valence-corrected chi connectivity index (χ4v) is 2.45. The Morgan fingerprint density at radius 2 is 1.92 bits per heavy atom. The van der Waals surface area contributed by atoms with Gasteiger partial charge in [0, 0.05) is 24.6 Å². The van der Waals surface area contributed by atoms with Crippen molar-refractivity contribution in [1.29, 1.82) is 0 Å². The normalized spacial score (nSPS) is 11.0. The van der Waals surface area contributed by atoms with Crippen molar-refractivity contribution in [3.63, 3.8) is 0 Å². The molecule has 0 aliphatic carbocycles. The van der Waals surface area contributed by atoms with Crippen LogP contribution >= 0.6 is 0 Å². The van der Waals surface area contributed by atoms with Crippen molar-refractivity contribution in [2.75, 3.05) is 0 Å². The van der Waals surface area contributed by atoms with Gasteiger partial charge in [0.15, 0.2) is 0 Å². The molecule has 126 valence electrons. The molecule has 0 spiro atoms. The molecule has 3 aromatic heterocycles. The lowest BCUT2D eigenvalue weighted by atomic mass is 10.4. The lowest BCUT2D eigenvalue weighted by Gasteiger charge is -2.04. The molecule has 3 heterocycles. The number of nitrogens with zero attached hydrogens (tertiary/aromatic N) is 6. The molecule has 0 saturated heterocycles. The van der Waals surface area contributed by atoms with Crippen molar-refractivity contribution in [3.05, 3.63) is 53.4 Å². The van der Waals surface area contributed by atoms with Crippen molar-refractivity contribution in [1.82, 2.24) is 34.7 Å². The number of carbonyl (C=O) groups is 1. The smallest absolute Gasteiger partial charge is 0.272 e. The van der Waals surface area contributed by atoms with E-state index in [1.54, 1.807) is 16.9 Å². The second kappa shape index (κ2) is 6.69. The van der Waals surface area contributed by atoms with Crippen LogP contribution in [0.25, 0.3) is 0 Å². The summed E-state index contributed by atoms with van der Waals surface area (Å²) in [7, 11) is 0. The fraction of sp³-hybridized carbons (Fsp3) is 0.375. The number of hydrogen-bond donors (Lipinski definition) is 1. The molecule has 0 radical (unpaired) electrons. The van der Waals surface area contributed by atoms with Crippen LogP contribution in [0.5, 0.6) is 0 Å². The lowest BCUT2D eigenvalue weighted by molar-refractivity contribution is 0.0944. The predicted octanol–water partition coefficient (Wildman–Crippen LogP) is 1.35. The van der Waals surface area contributed by atoms with Crippen molar-refractivity contribution in [2.45, 2.75) is 40.5 Å². The maximum absolute atomic E-state index is 12.2. The number of aromatic nitrogens is 6. The zero-order valence-electron chi connectivity index (χ0n) is 14.1. The predicted molar refractivity (Wildman–Crippen MR) is 88.4 cm³/mol. The van der Waals surface area contributed by atoms with Gasteiger partial charge in [0.1, 0.15) is 12.4 Å². The average molecular weight is 327 g/mol. The largest absolute Gasteiger partial charge is 0.345 e. The third-order valence-corrected chi connectivity index (χ3v) is 3.71. The van der Waals surface area contributed by atoms with Crippen LogP contribution in [0, 0.1) is 13.8 Å². The zero-order chi connectivity index (χ0) is 17.1. The van der Waals surface area contributed by atoms with E-state index in [0.29, 0.717) is 18.9 Å². The van der Waals surface area contributed by atoms with E-state index in [2.05, 4.69) is 20.6 Å². The van der Waals surface area contributed by atoms with Crippen LogP contribution in [0.1, 0.15) is 34.5 Å². The van der Waals surface area contributed by atoms with Crippen molar-refractivity contribution in [3.8, 4) is 0 Å². The van der Waals surface area contributed by atoms with Crippen LogP contribution in [-0.4, -0.2) is 35.2 Å². The van der Waals surface area contributed by atoms with Gasteiger partial charge in [-0.25, -0.2) is 4.68 Å². The minimum atomic E-state index is -0.215. The summed E-state index contributed by atoms with van der Waals surface area (Å²) >= 11 is 0. The molecule has 0 fully saturated rings. The van der Waals surface area contributed by atoms with Gasteiger partial charge in [-0.2, -0.15) is 15.3 Å². The number of nitrogens with one attached hydrogen (secondary N) is 1. The van der Waals surface area contributed by atoms with Gasteiger partial charge in [0.25, 0.3) is 5.91 Å². The Bertz CT molecular complexity index is 842. The molecule has 3 rings (SSSR count). The van der Waals surface area contributed by atoms with Gasteiger partial charge in [0.05, 0.1) is 17.9 Å². The molecule has 8 nitrogen and oxygen atoms in total. The first kappa shape index (κ1) is 16.0. The summed E-state index contributed by atoms with van der Waals surface area (Å²) < 4.78 is 5.37. The van der Waals surface area contributed by atoms with Crippen LogP contribution in [0.4, 0.5) is 0 Å². The highest BCUT2D eigenvalue weighted by atomic mass is 16.1. The van der Waals surface area contributed by atoms with Crippen LogP contribution in [-0.2, 0) is 19.8 Å². The highest BCUT2D eigenvalue weighted by Gasteiger charge is 2.11. The van der Waals surface area contributed by atoms with Crippen LogP contribution in [0.15, 0.2) is 30.6 Å². The Kier molecular flexibility index (Phi) is 4.45. The number of aryl methyl sites for hydroxylation is 3. The highest BCUT2D eigenvalue weighted by molar-refractivity contribution is 5.92. The molecule has 0 atom stereocenters. The van der Waals surface area contributed by atoms with Crippen LogP contribution in [0.3, 0.4) is 0 Å². The molecule has 1 amide bonds. The molecule has 0 aliphatic rings. The first-order valence-corrected chi connectivity index (χ1v) is 7.90. The molecular weight excluding hydrogens is 306 g/mol. The number of rotatable bonds is 6. The standard InChI is InChI=1S/C16H21N7O/c1-4-21-7-5-14(19-21)10-17-16(24)15-6-8-22(20-15)11-23-13(3)9-12(2)18-23/h5-9H,4,10-11H2,1-3H3,(H,17,24). The highest BCUT2D eigenvalue weighted by Crippen LogP contribution is 2.04. The van der Waals surface area contributed by atoms with Gasteiger partial charge in [-0.05, 0) is 39.0 Å². The van der Waals surface area contributed by atoms with Crippen molar-refractivity contribution < 1.29 is 4.79 Å². The second-order valence-electron chi connectivity index (χ2n) is 5.65. The summed E-state index contributed by atoms with van der Waals surface area (Å²) in [5.74, 6) is -0.215. The summed E-state index contributed by atoms with van der Waals surface area (Å²) in [6.07, 6.45) is 3.67. The van der Waals surface area contributed by atoms with E-state index in [9.17, 15) is 4.79 Å². The number of carbonyl (C=O) groups excluding carboxylic acids is 1. The average Bonchev–Trinajstić information content (AvgIpc) is 3.26. The summed E-state index contributed by atoms with van der Waals surface area (Å²) in [5, 5.41) is 15.9. The topological polar surface area (TPSA) is 82.6 Å². The maximum atomic E-state index is 12.2.